The minimum Gasteiger partial charge on any atom is -0.310 e. The Labute approximate surface area is 71.6 Å². The minimum atomic E-state index is -0.122. The van der Waals surface area contributed by atoms with Crippen molar-refractivity contribution in [2.45, 2.75) is 19.4 Å². The molecule has 0 aliphatic carbocycles. The van der Waals surface area contributed by atoms with Gasteiger partial charge in [0.1, 0.15) is 5.82 Å². The summed E-state index contributed by atoms with van der Waals surface area (Å²) < 4.78 is 12.8. The largest absolute Gasteiger partial charge is 0.310 e. The molecule has 0 radical (unpaired) electrons. The second kappa shape index (κ2) is 2.87. The number of hydrogen-bond acceptors (Lipinski definition) is 1. The smallest absolute Gasteiger partial charge is 0.123 e. The molecule has 0 amide bonds. The van der Waals surface area contributed by atoms with Gasteiger partial charge >= 0.3 is 0 Å². The first-order chi connectivity index (χ1) is 5.77. The maximum absolute atomic E-state index is 12.8. The van der Waals surface area contributed by atoms with E-state index in [1.165, 1.54) is 11.6 Å². The molecule has 0 bridgehead atoms. The van der Waals surface area contributed by atoms with Gasteiger partial charge < -0.3 is 5.32 Å². The maximum Gasteiger partial charge on any atom is 0.123 e. The van der Waals surface area contributed by atoms with E-state index in [0.717, 1.165) is 18.5 Å². The Kier molecular flexibility index (Phi) is 1.85. The highest BCUT2D eigenvalue weighted by Gasteiger charge is 2.15. The van der Waals surface area contributed by atoms with E-state index in [1.54, 1.807) is 6.07 Å². The average molecular weight is 165 g/mol. The Hall–Kier alpha value is -0.890. The molecule has 1 aliphatic rings. The van der Waals surface area contributed by atoms with Crippen molar-refractivity contribution in [1.29, 1.82) is 0 Å². The first-order valence-corrected chi connectivity index (χ1v) is 4.29. The second-order valence-electron chi connectivity index (χ2n) is 3.27. The molecule has 1 aromatic carbocycles. The fourth-order valence-electron chi connectivity index (χ4n) is 1.75. The van der Waals surface area contributed by atoms with Crippen molar-refractivity contribution in [2.24, 2.45) is 0 Å². The molecule has 1 N–H and O–H groups in total. The summed E-state index contributed by atoms with van der Waals surface area (Å²) in [6, 6.07) is 5.42. The predicted octanol–water partition coefficient (Wildman–Crippen LogP) is 2.03. The third-order valence-electron chi connectivity index (χ3n) is 2.42. The Morgan fingerprint density at radius 3 is 3.17 bits per heavy atom. The molecule has 1 aliphatic heterocycles. The maximum atomic E-state index is 12.8. The van der Waals surface area contributed by atoms with Gasteiger partial charge in [-0.25, -0.2) is 4.39 Å². The van der Waals surface area contributed by atoms with E-state index in [1.807, 2.05) is 6.07 Å². The van der Waals surface area contributed by atoms with E-state index in [-0.39, 0.29) is 5.82 Å². The zero-order valence-electron chi connectivity index (χ0n) is 7.10. The van der Waals surface area contributed by atoms with E-state index in [9.17, 15) is 4.39 Å². The van der Waals surface area contributed by atoms with E-state index >= 15 is 0 Å². The fourth-order valence-corrected chi connectivity index (χ4v) is 1.75. The van der Waals surface area contributed by atoms with Gasteiger partial charge in [0.15, 0.2) is 0 Å². The summed E-state index contributed by atoms with van der Waals surface area (Å²) in [6.45, 7) is 3.06. The van der Waals surface area contributed by atoms with E-state index in [4.69, 9.17) is 0 Å². The highest BCUT2D eigenvalue weighted by atomic mass is 19.1. The number of hydrogen-bond donors (Lipinski definition) is 1. The van der Waals surface area contributed by atoms with Crippen molar-refractivity contribution >= 4 is 0 Å². The summed E-state index contributed by atoms with van der Waals surface area (Å²) in [4.78, 5) is 0. The molecule has 0 aromatic heterocycles. The molecule has 1 heterocycles. The monoisotopic (exact) mass is 165 g/mol. The van der Waals surface area contributed by atoms with Gasteiger partial charge in [-0.05, 0) is 43.1 Å². The van der Waals surface area contributed by atoms with Crippen molar-refractivity contribution in [3.8, 4) is 0 Å². The van der Waals surface area contributed by atoms with Gasteiger partial charge in [0, 0.05) is 6.04 Å². The molecule has 2 heteroatoms. The second-order valence-corrected chi connectivity index (χ2v) is 3.27. The molecule has 2 rings (SSSR count). The SMILES string of the molecule is CC1NCCc2cc(F)ccc21. The van der Waals surface area contributed by atoms with Crippen molar-refractivity contribution in [3.63, 3.8) is 0 Å². The number of fused-ring (bicyclic) bond motifs is 1. The van der Waals surface area contributed by atoms with Crippen LogP contribution in [0, 0.1) is 5.82 Å². The molecular formula is C10H12FN. The summed E-state index contributed by atoms with van der Waals surface area (Å²) in [7, 11) is 0. The minimum absolute atomic E-state index is 0.122. The van der Waals surface area contributed by atoms with Gasteiger partial charge in [0.25, 0.3) is 0 Å². The zero-order valence-corrected chi connectivity index (χ0v) is 7.10. The van der Waals surface area contributed by atoms with Crippen LogP contribution in [0.3, 0.4) is 0 Å². The molecular weight excluding hydrogens is 153 g/mol. The van der Waals surface area contributed by atoms with Crippen LogP contribution in [0.25, 0.3) is 0 Å². The molecule has 0 fully saturated rings. The Balaban J connectivity index is 2.46. The van der Waals surface area contributed by atoms with Crippen LogP contribution in [0.5, 0.6) is 0 Å². The third kappa shape index (κ3) is 1.23. The van der Waals surface area contributed by atoms with E-state index in [2.05, 4.69) is 12.2 Å². The molecule has 1 nitrogen and oxygen atoms in total. The van der Waals surface area contributed by atoms with Gasteiger partial charge in [-0.15, -0.1) is 0 Å². The van der Waals surface area contributed by atoms with Gasteiger partial charge in [-0.1, -0.05) is 6.07 Å². The van der Waals surface area contributed by atoms with Crippen LogP contribution in [-0.4, -0.2) is 6.54 Å². The Morgan fingerprint density at radius 2 is 2.33 bits per heavy atom. The van der Waals surface area contributed by atoms with Crippen molar-refractivity contribution < 1.29 is 4.39 Å². The fraction of sp³-hybridized carbons (Fsp3) is 0.400. The molecule has 1 atom stereocenters. The molecule has 1 unspecified atom stereocenters. The number of halogens is 1. The average Bonchev–Trinajstić information content (AvgIpc) is 2.04. The highest BCUT2D eigenvalue weighted by Crippen LogP contribution is 2.22. The lowest BCUT2D eigenvalue weighted by Crippen LogP contribution is -2.27. The van der Waals surface area contributed by atoms with Crippen LogP contribution in [0.4, 0.5) is 4.39 Å². The molecule has 0 spiro atoms. The van der Waals surface area contributed by atoms with E-state index in [0.29, 0.717) is 6.04 Å². The lowest BCUT2D eigenvalue weighted by Gasteiger charge is -2.23. The van der Waals surface area contributed by atoms with Gasteiger partial charge in [-0.3, -0.25) is 0 Å². The van der Waals surface area contributed by atoms with Crippen LogP contribution in [-0.2, 0) is 6.42 Å². The lowest BCUT2D eigenvalue weighted by molar-refractivity contribution is 0.534. The summed E-state index contributed by atoms with van der Waals surface area (Å²) in [5, 5.41) is 3.34. The van der Waals surface area contributed by atoms with Crippen LogP contribution in [0.15, 0.2) is 18.2 Å². The standard InChI is InChI=1S/C10H12FN/c1-7-10-3-2-9(11)6-8(10)4-5-12-7/h2-3,6-7,12H,4-5H2,1H3. The van der Waals surface area contributed by atoms with Crippen molar-refractivity contribution in [1.82, 2.24) is 5.32 Å². The molecule has 1 aromatic rings. The van der Waals surface area contributed by atoms with Gasteiger partial charge in [-0.2, -0.15) is 0 Å². The molecule has 12 heavy (non-hydrogen) atoms. The van der Waals surface area contributed by atoms with Crippen LogP contribution >= 0.6 is 0 Å². The third-order valence-corrected chi connectivity index (χ3v) is 2.42. The van der Waals surface area contributed by atoms with Gasteiger partial charge in [0.05, 0.1) is 0 Å². The summed E-state index contributed by atoms with van der Waals surface area (Å²) in [5.74, 6) is -0.122. The van der Waals surface area contributed by atoms with Crippen LogP contribution in [0.2, 0.25) is 0 Å². The predicted molar refractivity (Wildman–Crippen MR) is 46.5 cm³/mol. The van der Waals surface area contributed by atoms with Crippen LogP contribution < -0.4 is 5.32 Å². The first-order valence-electron chi connectivity index (χ1n) is 4.29. The summed E-state index contributed by atoms with van der Waals surface area (Å²) >= 11 is 0. The molecule has 0 saturated carbocycles. The highest BCUT2D eigenvalue weighted by molar-refractivity contribution is 5.32. The molecule has 64 valence electrons. The van der Waals surface area contributed by atoms with Crippen molar-refractivity contribution in [2.75, 3.05) is 6.54 Å². The summed E-state index contributed by atoms with van der Waals surface area (Å²) in [6.07, 6.45) is 0.942. The van der Waals surface area contributed by atoms with Crippen LogP contribution in [0.1, 0.15) is 24.1 Å². The summed E-state index contributed by atoms with van der Waals surface area (Å²) in [5.41, 5.74) is 2.39. The first kappa shape index (κ1) is 7.74. The Morgan fingerprint density at radius 1 is 1.50 bits per heavy atom. The Bertz CT molecular complexity index is 296. The number of rotatable bonds is 0. The van der Waals surface area contributed by atoms with Gasteiger partial charge in [0.2, 0.25) is 0 Å². The zero-order chi connectivity index (χ0) is 8.55. The van der Waals surface area contributed by atoms with E-state index < -0.39 is 0 Å². The number of benzene rings is 1. The number of nitrogens with one attached hydrogen (secondary N) is 1. The topological polar surface area (TPSA) is 12.0 Å². The molecule has 0 saturated heterocycles. The quantitative estimate of drug-likeness (QED) is 0.620. The normalized spacial score (nSPS) is 22.0. The lowest BCUT2D eigenvalue weighted by atomic mass is 9.95. The van der Waals surface area contributed by atoms with Crippen molar-refractivity contribution in [3.05, 3.63) is 35.1 Å².